The molecule has 0 spiro atoms. The van der Waals surface area contributed by atoms with Crippen molar-refractivity contribution in [2.45, 2.75) is 19.1 Å². The highest BCUT2D eigenvalue weighted by molar-refractivity contribution is 6.31. The van der Waals surface area contributed by atoms with Crippen molar-refractivity contribution >= 4 is 39.9 Å². The van der Waals surface area contributed by atoms with Gasteiger partial charge in [0, 0.05) is 52.4 Å². The van der Waals surface area contributed by atoms with Gasteiger partial charge in [0.15, 0.2) is 0 Å². The number of nitrogens with one attached hydrogen (secondary N) is 3. The zero-order chi connectivity index (χ0) is 24.4. The van der Waals surface area contributed by atoms with Crippen LogP contribution in [0.2, 0.25) is 5.02 Å². The average Bonchev–Trinajstić information content (AvgIpc) is 3.46. The maximum Gasteiger partial charge on any atom is 0.251 e. The Hall–Kier alpha value is -3.46. The van der Waals surface area contributed by atoms with Gasteiger partial charge in [-0.25, -0.2) is 4.98 Å². The summed E-state index contributed by atoms with van der Waals surface area (Å²) in [6.45, 7) is 2.22. The predicted octanol–water partition coefficient (Wildman–Crippen LogP) is 4.60. The number of hydrogen-bond donors (Lipinski definition) is 3. The number of nitrogens with zero attached hydrogens (tertiary/aromatic N) is 3. The number of carbonyl (C=O) groups excluding carboxylic acids is 1. The molecule has 4 aromatic rings. The third kappa shape index (κ3) is 5.30. The first-order valence-corrected chi connectivity index (χ1v) is 11.9. The summed E-state index contributed by atoms with van der Waals surface area (Å²) in [5.41, 5.74) is 4.79. The van der Waals surface area contributed by atoms with Crippen molar-refractivity contribution in [3.63, 3.8) is 0 Å². The second-order valence-corrected chi connectivity index (χ2v) is 9.29. The minimum atomic E-state index is -0.0742. The van der Waals surface area contributed by atoms with Gasteiger partial charge in [-0.2, -0.15) is 0 Å². The molecule has 5 rings (SSSR count). The van der Waals surface area contributed by atoms with Crippen LogP contribution in [-0.4, -0.2) is 59.0 Å². The number of hydrogen-bond acceptors (Lipinski definition) is 6. The fourth-order valence-corrected chi connectivity index (χ4v) is 4.57. The maximum absolute atomic E-state index is 12.8. The second kappa shape index (κ2) is 10.0. The molecule has 0 bridgehead atoms. The van der Waals surface area contributed by atoms with Crippen LogP contribution >= 0.6 is 11.6 Å². The normalized spacial score (nSPS) is 16.0. The van der Waals surface area contributed by atoms with Crippen molar-refractivity contribution in [2.24, 2.45) is 0 Å². The van der Waals surface area contributed by atoms with Crippen LogP contribution in [0.5, 0.6) is 0 Å². The van der Waals surface area contributed by atoms with E-state index in [2.05, 4.69) is 32.5 Å². The van der Waals surface area contributed by atoms with Gasteiger partial charge in [-0.1, -0.05) is 11.6 Å². The smallest absolute Gasteiger partial charge is 0.251 e. The molecule has 2 aromatic carbocycles. The average molecular weight is 491 g/mol. The lowest BCUT2D eigenvalue weighted by Gasteiger charge is -2.15. The summed E-state index contributed by atoms with van der Waals surface area (Å²) in [6.07, 6.45) is 4.34. The Bertz CT molecular complexity index is 1370. The van der Waals surface area contributed by atoms with Gasteiger partial charge < -0.3 is 25.3 Å². The minimum absolute atomic E-state index is 0.0742. The predicted molar refractivity (Wildman–Crippen MR) is 138 cm³/mol. The number of benzene rings is 2. The van der Waals surface area contributed by atoms with E-state index in [4.69, 9.17) is 21.3 Å². The number of fused-ring (bicyclic) bond motifs is 1. The molecule has 180 valence electrons. The molecule has 0 aliphatic carbocycles. The number of ether oxygens (including phenoxy) is 1. The lowest BCUT2D eigenvalue weighted by atomic mass is 10.1. The molecule has 1 unspecified atom stereocenters. The third-order valence-electron chi connectivity index (χ3n) is 6.15. The summed E-state index contributed by atoms with van der Waals surface area (Å²) >= 11 is 6.12. The molecule has 1 aliphatic heterocycles. The summed E-state index contributed by atoms with van der Waals surface area (Å²) in [5.74, 6) is 0.512. The Kier molecular flexibility index (Phi) is 6.68. The highest BCUT2D eigenvalue weighted by Crippen LogP contribution is 2.27. The molecule has 9 heteroatoms. The molecule has 1 atom stereocenters. The van der Waals surface area contributed by atoms with Gasteiger partial charge in [-0.3, -0.25) is 9.78 Å². The van der Waals surface area contributed by atoms with Gasteiger partial charge in [0.1, 0.15) is 11.5 Å². The van der Waals surface area contributed by atoms with Crippen LogP contribution in [0.3, 0.4) is 0 Å². The van der Waals surface area contributed by atoms with E-state index in [1.54, 1.807) is 19.5 Å². The van der Waals surface area contributed by atoms with Gasteiger partial charge in [0.05, 0.1) is 24.7 Å². The van der Waals surface area contributed by atoms with E-state index in [1.807, 2.05) is 42.5 Å². The van der Waals surface area contributed by atoms with Crippen molar-refractivity contribution in [3.8, 4) is 11.4 Å². The van der Waals surface area contributed by atoms with E-state index >= 15 is 0 Å². The van der Waals surface area contributed by atoms with Gasteiger partial charge in [0.25, 0.3) is 5.91 Å². The summed E-state index contributed by atoms with van der Waals surface area (Å²) in [4.78, 5) is 27.5. The van der Waals surface area contributed by atoms with E-state index in [0.29, 0.717) is 28.7 Å². The zero-order valence-electron chi connectivity index (χ0n) is 19.6. The Balaban J connectivity index is 1.36. The molecule has 1 amide bonds. The Morgan fingerprint density at radius 1 is 1.23 bits per heavy atom. The van der Waals surface area contributed by atoms with E-state index in [-0.39, 0.29) is 11.9 Å². The number of carbonyl (C=O) groups is 1. The first-order valence-electron chi connectivity index (χ1n) is 11.5. The zero-order valence-corrected chi connectivity index (χ0v) is 20.4. The number of aromatic nitrogens is 3. The standard InChI is InChI=1S/C26H27ClN6O2/c1-33-8-7-20(14-33)29-26(34)16-3-5-22(18(9-16)15-35-2)31-25-13-28-12-24(32-25)23-11-17-10-19(27)4-6-21(17)30-23/h3-6,9-13,20,30H,7-8,14-15H2,1-2H3,(H,29,34)(H,31,32). The van der Waals surface area contributed by atoms with E-state index in [1.165, 1.54) is 0 Å². The second-order valence-electron chi connectivity index (χ2n) is 8.86. The topological polar surface area (TPSA) is 95.2 Å². The van der Waals surface area contributed by atoms with Gasteiger partial charge in [-0.15, -0.1) is 0 Å². The summed E-state index contributed by atoms with van der Waals surface area (Å²) in [5, 5.41) is 8.15. The number of rotatable bonds is 7. The molecular weight excluding hydrogens is 464 g/mol. The highest BCUT2D eigenvalue weighted by atomic mass is 35.5. The number of halogens is 1. The first-order chi connectivity index (χ1) is 17.0. The van der Waals surface area contributed by atoms with Crippen LogP contribution in [0.15, 0.2) is 54.9 Å². The largest absolute Gasteiger partial charge is 0.380 e. The quantitative estimate of drug-likeness (QED) is 0.350. The maximum atomic E-state index is 12.8. The van der Waals surface area contributed by atoms with Gasteiger partial charge in [-0.05, 0) is 62.5 Å². The van der Waals surface area contributed by atoms with Crippen molar-refractivity contribution in [2.75, 3.05) is 32.6 Å². The number of amides is 1. The van der Waals surface area contributed by atoms with Crippen LogP contribution in [0.1, 0.15) is 22.3 Å². The number of methoxy groups -OCH3 is 1. The van der Waals surface area contributed by atoms with Crippen molar-refractivity contribution in [1.29, 1.82) is 0 Å². The summed E-state index contributed by atoms with van der Waals surface area (Å²) < 4.78 is 5.39. The molecule has 1 aliphatic rings. The molecule has 2 aromatic heterocycles. The fourth-order valence-electron chi connectivity index (χ4n) is 4.39. The molecule has 3 heterocycles. The lowest BCUT2D eigenvalue weighted by Crippen LogP contribution is -2.36. The molecule has 35 heavy (non-hydrogen) atoms. The SMILES string of the molecule is COCc1cc(C(=O)NC2CCN(C)C2)ccc1Nc1cncc(-c2cc3cc(Cl)ccc3[nH]2)n1. The van der Waals surface area contributed by atoms with Gasteiger partial charge in [0.2, 0.25) is 0 Å². The first kappa shape index (κ1) is 23.3. The lowest BCUT2D eigenvalue weighted by molar-refractivity contribution is 0.0938. The monoisotopic (exact) mass is 490 g/mol. The molecule has 1 fully saturated rings. The minimum Gasteiger partial charge on any atom is -0.380 e. The summed E-state index contributed by atoms with van der Waals surface area (Å²) in [6, 6.07) is 13.4. The Morgan fingerprint density at radius 3 is 2.91 bits per heavy atom. The molecular formula is C26H27ClN6O2. The Morgan fingerprint density at radius 2 is 2.11 bits per heavy atom. The van der Waals surface area contributed by atoms with Crippen LogP contribution in [0.4, 0.5) is 11.5 Å². The van der Waals surface area contributed by atoms with Gasteiger partial charge >= 0.3 is 0 Å². The van der Waals surface area contributed by atoms with Crippen LogP contribution in [0, 0.1) is 0 Å². The molecule has 3 N–H and O–H groups in total. The van der Waals surface area contributed by atoms with E-state index in [0.717, 1.165) is 47.4 Å². The van der Waals surface area contributed by atoms with Crippen molar-refractivity contribution in [3.05, 3.63) is 71.0 Å². The number of H-pyrrole nitrogens is 1. The van der Waals surface area contributed by atoms with E-state index < -0.39 is 0 Å². The number of aromatic amines is 1. The van der Waals surface area contributed by atoms with Crippen LogP contribution < -0.4 is 10.6 Å². The highest BCUT2D eigenvalue weighted by Gasteiger charge is 2.22. The van der Waals surface area contributed by atoms with Crippen LogP contribution in [0.25, 0.3) is 22.3 Å². The number of likely N-dealkylation sites (tertiary alicyclic amines) is 1. The van der Waals surface area contributed by atoms with Crippen LogP contribution in [-0.2, 0) is 11.3 Å². The fraction of sp³-hybridized carbons (Fsp3) is 0.269. The molecule has 0 saturated carbocycles. The summed E-state index contributed by atoms with van der Waals surface area (Å²) in [7, 11) is 3.70. The van der Waals surface area contributed by atoms with Crippen molar-refractivity contribution in [1.82, 2.24) is 25.2 Å². The number of likely N-dealkylation sites (N-methyl/N-ethyl adjacent to an activating group) is 1. The number of anilines is 2. The third-order valence-corrected chi connectivity index (χ3v) is 6.38. The van der Waals surface area contributed by atoms with Crippen molar-refractivity contribution < 1.29 is 9.53 Å². The molecule has 1 saturated heterocycles. The van der Waals surface area contributed by atoms with E-state index in [9.17, 15) is 4.79 Å². The Labute approximate surface area is 208 Å². The molecule has 8 nitrogen and oxygen atoms in total. The molecule has 0 radical (unpaired) electrons.